The summed E-state index contributed by atoms with van der Waals surface area (Å²) in [7, 11) is 0.500. The minimum atomic E-state index is -4.47. The maximum atomic E-state index is 12.2. The molecule has 0 saturated carbocycles. The lowest BCUT2D eigenvalue weighted by atomic mass is 10.1. The average Bonchev–Trinajstić information content (AvgIpc) is 2.04. The minimum Gasteiger partial charge on any atom is -0.255 e. The van der Waals surface area contributed by atoms with Gasteiger partial charge in [0.15, 0.2) is 0 Å². The second kappa shape index (κ2) is 10.1. The van der Waals surface area contributed by atoms with Crippen molar-refractivity contribution in [3.63, 3.8) is 0 Å². The van der Waals surface area contributed by atoms with Crippen LogP contribution in [0.1, 0.15) is 41.0 Å². The van der Waals surface area contributed by atoms with Crippen LogP contribution in [0.25, 0.3) is 0 Å². The van der Waals surface area contributed by atoms with E-state index < -0.39 is 31.4 Å². The first-order valence-electron chi connectivity index (χ1n) is 3.59. The summed E-state index contributed by atoms with van der Waals surface area (Å²) in [6.45, 7) is 1.16. The number of rotatable bonds is 3. The van der Waals surface area contributed by atoms with Gasteiger partial charge in [-0.05, 0) is 0 Å². The highest BCUT2D eigenvalue weighted by atomic mass is 19.4. The zero-order valence-electron chi connectivity index (χ0n) is 7.39. The Kier molecular flexibility index (Phi) is 16.2. The fraction of sp³-hybridized carbons (Fsp3) is 1.00. The van der Waals surface area contributed by atoms with Crippen molar-refractivity contribution >= 4 is 0 Å². The van der Waals surface area contributed by atoms with E-state index in [9.17, 15) is 26.3 Å². The molecule has 0 aliphatic carbocycles. The molecule has 0 atom stereocenters. The topological polar surface area (TPSA) is 0 Å². The maximum absolute atomic E-state index is 12.2. The van der Waals surface area contributed by atoms with Gasteiger partial charge >= 0.3 is 6.18 Å². The zero-order valence-corrected chi connectivity index (χ0v) is 7.39. The van der Waals surface area contributed by atoms with Gasteiger partial charge in [-0.15, -0.1) is 0 Å². The second-order valence-electron chi connectivity index (χ2n) is 2.32. The van der Waals surface area contributed by atoms with Crippen LogP contribution in [-0.4, -0.2) is 19.3 Å². The van der Waals surface area contributed by atoms with Crippen molar-refractivity contribution in [3.8, 4) is 0 Å². The molecule has 0 aliphatic rings. The van der Waals surface area contributed by atoms with Crippen molar-refractivity contribution in [2.45, 2.75) is 53.1 Å². The molecule has 0 heterocycles. The largest absolute Gasteiger partial charge is 0.389 e. The first-order valence-corrected chi connectivity index (χ1v) is 3.59. The fourth-order valence-electron chi connectivity index (χ4n) is 0.501. The molecule has 0 aromatic rings. The molecular formula is C9H20F6. The number of hydrogen-bond donors (Lipinski definition) is 0. The Morgan fingerprint density at radius 1 is 0.800 bits per heavy atom. The molecule has 0 radical (unpaired) electrons. The summed E-state index contributed by atoms with van der Waals surface area (Å²) < 4.78 is 68.0. The minimum absolute atomic E-state index is 0. The highest BCUT2D eigenvalue weighted by Gasteiger charge is 2.34. The van der Waals surface area contributed by atoms with Crippen LogP contribution in [0.5, 0.6) is 0 Å². The lowest BCUT2D eigenvalue weighted by Gasteiger charge is -2.14. The van der Waals surface area contributed by atoms with Crippen molar-refractivity contribution in [1.29, 1.82) is 0 Å². The van der Waals surface area contributed by atoms with Crippen molar-refractivity contribution in [2.75, 3.05) is 7.18 Å². The van der Waals surface area contributed by atoms with Crippen LogP contribution in [0.3, 0.4) is 0 Å². The van der Waals surface area contributed by atoms with E-state index in [4.69, 9.17) is 0 Å². The third kappa shape index (κ3) is 19.8. The van der Waals surface area contributed by atoms with Crippen LogP contribution in [0.2, 0.25) is 0 Å². The van der Waals surface area contributed by atoms with E-state index in [1.54, 1.807) is 0 Å². The van der Waals surface area contributed by atoms with Gasteiger partial charge in [0.05, 0.1) is 7.18 Å². The summed E-state index contributed by atoms with van der Waals surface area (Å²) in [5, 5.41) is 0. The van der Waals surface area contributed by atoms with E-state index in [2.05, 4.69) is 0 Å². The average molecular weight is 242 g/mol. The monoisotopic (exact) mass is 242 g/mol. The highest BCUT2D eigenvalue weighted by Crippen LogP contribution is 2.30. The van der Waals surface area contributed by atoms with E-state index in [0.29, 0.717) is 7.18 Å². The third-order valence-corrected chi connectivity index (χ3v) is 1.29. The Morgan fingerprint density at radius 3 is 1.33 bits per heavy atom. The van der Waals surface area contributed by atoms with E-state index >= 15 is 0 Å². The summed E-state index contributed by atoms with van der Waals surface area (Å²) in [5.74, 6) is -3.17. The Hall–Kier alpha value is -0.420. The predicted octanol–water partition coefficient (Wildman–Crippen LogP) is 5.23. The van der Waals surface area contributed by atoms with Gasteiger partial charge in [-0.2, -0.15) is 13.2 Å². The van der Waals surface area contributed by atoms with Crippen molar-refractivity contribution in [1.82, 2.24) is 0 Å². The molecule has 0 saturated heterocycles. The van der Waals surface area contributed by atoms with Gasteiger partial charge in [0.1, 0.15) is 0 Å². The maximum Gasteiger partial charge on any atom is 0.389 e. The van der Waals surface area contributed by atoms with Crippen LogP contribution >= 0.6 is 0 Å². The van der Waals surface area contributed by atoms with E-state index in [1.807, 2.05) is 0 Å². The van der Waals surface area contributed by atoms with Crippen molar-refractivity contribution in [3.05, 3.63) is 0 Å². The van der Waals surface area contributed by atoms with Crippen LogP contribution in [0.15, 0.2) is 0 Å². The molecule has 0 unspecified atom stereocenters. The molecule has 0 N–H and O–H groups in total. The lowest BCUT2D eigenvalue weighted by Crippen LogP contribution is -2.19. The van der Waals surface area contributed by atoms with Crippen molar-refractivity contribution in [2.24, 2.45) is 0 Å². The Morgan fingerprint density at radius 2 is 1.13 bits per heavy atom. The summed E-state index contributed by atoms with van der Waals surface area (Å²) >= 11 is 0. The molecule has 0 spiro atoms. The van der Waals surface area contributed by atoms with Gasteiger partial charge in [0.25, 0.3) is 0 Å². The molecule has 0 aromatic carbocycles. The normalized spacial score (nSPS) is 10.4. The molecule has 0 aliphatic heterocycles. The van der Waals surface area contributed by atoms with Gasteiger partial charge in [-0.1, -0.05) is 21.8 Å². The quantitative estimate of drug-likeness (QED) is 0.594. The van der Waals surface area contributed by atoms with E-state index in [0.717, 1.165) is 6.92 Å². The van der Waals surface area contributed by atoms with Crippen LogP contribution in [0, 0.1) is 0 Å². The molecule has 15 heavy (non-hydrogen) atoms. The van der Waals surface area contributed by atoms with E-state index in [-0.39, 0.29) is 14.9 Å². The fourth-order valence-corrected chi connectivity index (χ4v) is 0.501. The highest BCUT2D eigenvalue weighted by molar-refractivity contribution is 4.65. The SMILES string of the molecule is C.C.CCC(F)(F)CCC(F)(F)F.CF. The van der Waals surface area contributed by atoms with Gasteiger partial charge < -0.3 is 0 Å². The van der Waals surface area contributed by atoms with Crippen LogP contribution < -0.4 is 0 Å². The molecule has 0 fully saturated rings. The summed E-state index contributed by atoms with van der Waals surface area (Å²) in [4.78, 5) is 0. The number of alkyl halides is 6. The van der Waals surface area contributed by atoms with Crippen LogP contribution in [-0.2, 0) is 0 Å². The summed E-state index contributed by atoms with van der Waals surface area (Å²) in [5.41, 5.74) is 0. The first kappa shape index (κ1) is 24.0. The molecule has 0 rings (SSSR count). The van der Waals surface area contributed by atoms with Gasteiger partial charge in [0, 0.05) is 19.3 Å². The Labute approximate surface area is 87.7 Å². The van der Waals surface area contributed by atoms with Gasteiger partial charge in [0.2, 0.25) is 5.92 Å². The van der Waals surface area contributed by atoms with Gasteiger partial charge in [-0.25, -0.2) is 8.78 Å². The predicted molar refractivity (Wildman–Crippen MR) is 51.0 cm³/mol. The molecular weight excluding hydrogens is 222 g/mol. The van der Waals surface area contributed by atoms with Gasteiger partial charge in [-0.3, -0.25) is 4.39 Å². The van der Waals surface area contributed by atoms with E-state index in [1.165, 1.54) is 0 Å². The number of halogens is 6. The lowest BCUT2D eigenvalue weighted by molar-refractivity contribution is -0.151. The first-order chi connectivity index (χ1) is 5.77. The Bertz CT molecular complexity index is 118. The second-order valence-corrected chi connectivity index (χ2v) is 2.32. The number of hydrogen-bond acceptors (Lipinski definition) is 0. The summed E-state index contributed by atoms with van der Waals surface area (Å²) in [6, 6.07) is 0. The van der Waals surface area contributed by atoms with Crippen molar-refractivity contribution < 1.29 is 26.3 Å². The summed E-state index contributed by atoms with van der Waals surface area (Å²) in [6.07, 6.45) is -7.53. The molecule has 0 nitrogen and oxygen atoms in total. The standard InChI is InChI=1S/C6H9F5.CH3F.2CH4/c1-2-5(7,8)3-4-6(9,10)11;1-2;;/h2-4H2,1H3;1H3;2*1H4. The molecule has 0 bridgehead atoms. The molecule has 98 valence electrons. The Balaban J connectivity index is -0.000000142. The van der Waals surface area contributed by atoms with Crippen LogP contribution in [0.4, 0.5) is 26.3 Å². The molecule has 0 aromatic heterocycles. The molecule has 0 amide bonds. The smallest absolute Gasteiger partial charge is 0.255 e. The zero-order chi connectivity index (χ0) is 11.1. The third-order valence-electron chi connectivity index (χ3n) is 1.29. The molecule has 6 heteroatoms.